The molecule has 0 heterocycles. The summed E-state index contributed by atoms with van der Waals surface area (Å²) in [7, 11) is 2.86. The van der Waals surface area contributed by atoms with E-state index in [-0.39, 0.29) is 18.8 Å². The highest BCUT2D eigenvalue weighted by atomic mass is 16.5. The van der Waals surface area contributed by atoms with E-state index in [9.17, 15) is 9.59 Å². The van der Waals surface area contributed by atoms with Crippen LogP contribution in [0.2, 0.25) is 0 Å². The number of carboxylic acid groups (broad SMARTS) is 1. The number of rotatable bonds is 6. The van der Waals surface area contributed by atoms with Crippen molar-refractivity contribution in [1.29, 1.82) is 0 Å². The Kier molecular flexibility index (Phi) is 5.60. The molecule has 5 heteroatoms. The molecule has 1 aromatic carbocycles. The third-order valence-corrected chi connectivity index (χ3v) is 2.46. The first-order valence-electron chi connectivity index (χ1n) is 5.69. The number of ether oxygens (including phenoxy) is 2. The van der Waals surface area contributed by atoms with Crippen molar-refractivity contribution in [3.8, 4) is 5.75 Å². The number of carbonyl (C=O) groups excluding carboxylic acids is 1. The Balaban J connectivity index is 2.89. The van der Waals surface area contributed by atoms with Gasteiger partial charge in [-0.2, -0.15) is 0 Å². The van der Waals surface area contributed by atoms with Crippen molar-refractivity contribution in [3.63, 3.8) is 0 Å². The van der Waals surface area contributed by atoms with E-state index in [0.29, 0.717) is 11.3 Å². The van der Waals surface area contributed by atoms with Crippen molar-refractivity contribution < 1.29 is 24.2 Å². The van der Waals surface area contributed by atoms with Crippen LogP contribution in [0.5, 0.6) is 5.75 Å². The van der Waals surface area contributed by atoms with E-state index in [2.05, 4.69) is 4.74 Å². The van der Waals surface area contributed by atoms with Crippen LogP contribution in [0.3, 0.4) is 0 Å². The number of hydrogen-bond donors (Lipinski definition) is 1. The molecule has 0 unspecified atom stereocenters. The fourth-order valence-electron chi connectivity index (χ4n) is 1.56. The van der Waals surface area contributed by atoms with Gasteiger partial charge in [-0.05, 0) is 17.7 Å². The van der Waals surface area contributed by atoms with Gasteiger partial charge in [0, 0.05) is 5.56 Å². The molecule has 1 rings (SSSR count). The Bertz CT molecular complexity index is 491. The first kappa shape index (κ1) is 14.8. The summed E-state index contributed by atoms with van der Waals surface area (Å²) < 4.78 is 9.70. The zero-order chi connectivity index (χ0) is 14.3. The SMILES string of the molecule is COC(=O)CC=Cc1cc(CC(=O)O)ccc1OC. The molecule has 1 aromatic rings. The van der Waals surface area contributed by atoms with Crippen LogP contribution in [0.15, 0.2) is 24.3 Å². The molecule has 0 spiro atoms. The highest BCUT2D eigenvalue weighted by Gasteiger charge is 2.05. The summed E-state index contributed by atoms with van der Waals surface area (Å²) in [5.74, 6) is -0.609. The van der Waals surface area contributed by atoms with Crippen molar-refractivity contribution in [1.82, 2.24) is 0 Å². The second-order valence-corrected chi connectivity index (χ2v) is 3.83. The fraction of sp³-hybridized carbons (Fsp3) is 0.286. The maximum atomic E-state index is 11.0. The van der Waals surface area contributed by atoms with Gasteiger partial charge in [0.15, 0.2) is 0 Å². The van der Waals surface area contributed by atoms with E-state index in [1.807, 2.05) is 0 Å². The standard InChI is InChI=1S/C14H16O5/c1-18-12-7-6-10(9-13(15)16)8-11(12)4-3-5-14(17)19-2/h3-4,6-8H,5,9H2,1-2H3,(H,15,16). The molecule has 0 bridgehead atoms. The molecule has 5 nitrogen and oxygen atoms in total. The number of hydrogen-bond acceptors (Lipinski definition) is 4. The van der Waals surface area contributed by atoms with Crippen LogP contribution in [0, 0.1) is 0 Å². The average molecular weight is 264 g/mol. The molecule has 0 saturated carbocycles. The largest absolute Gasteiger partial charge is 0.496 e. The van der Waals surface area contributed by atoms with Crippen molar-refractivity contribution in [3.05, 3.63) is 35.4 Å². The second kappa shape index (κ2) is 7.20. The van der Waals surface area contributed by atoms with Gasteiger partial charge in [0.1, 0.15) is 5.75 Å². The molecule has 0 radical (unpaired) electrons. The zero-order valence-corrected chi connectivity index (χ0v) is 10.9. The molecule has 0 fully saturated rings. The highest BCUT2D eigenvalue weighted by Crippen LogP contribution is 2.22. The summed E-state index contributed by atoms with van der Waals surface area (Å²) in [6.45, 7) is 0. The summed E-state index contributed by atoms with van der Waals surface area (Å²) in [4.78, 5) is 21.7. The van der Waals surface area contributed by atoms with E-state index in [0.717, 1.165) is 5.56 Å². The Morgan fingerprint density at radius 2 is 2.05 bits per heavy atom. The molecule has 0 atom stereocenters. The lowest BCUT2D eigenvalue weighted by Gasteiger charge is -2.06. The van der Waals surface area contributed by atoms with Gasteiger partial charge >= 0.3 is 11.9 Å². The van der Waals surface area contributed by atoms with E-state index in [4.69, 9.17) is 9.84 Å². The zero-order valence-electron chi connectivity index (χ0n) is 10.9. The second-order valence-electron chi connectivity index (χ2n) is 3.83. The van der Waals surface area contributed by atoms with Crippen LogP contribution in [0.25, 0.3) is 6.08 Å². The summed E-state index contributed by atoms with van der Waals surface area (Å²) in [5.41, 5.74) is 1.40. The number of carbonyl (C=O) groups is 2. The Morgan fingerprint density at radius 1 is 1.32 bits per heavy atom. The number of methoxy groups -OCH3 is 2. The molecule has 0 aliphatic carbocycles. The number of benzene rings is 1. The predicted molar refractivity (Wildman–Crippen MR) is 70.0 cm³/mol. The van der Waals surface area contributed by atoms with Gasteiger partial charge in [-0.3, -0.25) is 9.59 Å². The minimum Gasteiger partial charge on any atom is -0.496 e. The van der Waals surface area contributed by atoms with Crippen molar-refractivity contribution in [2.75, 3.05) is 14.2 Å². The molecule has 0 saturated heterocycles. The van der Waals surface area contributed by atoms with Crippen LogP contribution in [0.4, 0.5) is 0 Å². The molecule has 1 N–H and O–H groups in total. The van der Waals surface area contributed by atoms with Crippen LogP contribution >= 0.6 is 0 Å². The van der Waals surface area contributed by atoms with Gasteiger partial charge in [-0.15, -0.1) is 0 Å². The van der Waals surface area contributed by atoms with Gasteiger partial charge in [-0.25, -0.2) is 0 Å². The van der Waals surface area contributed by atoms with Gasteiger partial charge in [-0.1, -0.05) is 18.2 Å². The molecular formula is C14H16O5. The summed E-state index contributed by atoms with van der Waals surface area (Å²) in [6.07, 6.45) is 3.46. The Morgan fingerprint density at radius 3 is 2.63 bits per heavy atom. The number of esters is 1. The van der Waals surface area contributed by atoms with Gasteiger partial charge < -0.3 is 14.6 Å². The summed E-state index contributed by atoms with van der Waals surface area (Å²) >= 11 is 0. The van der Waals surface area contributed by atoms with Crippen LogP contribution in [-0.2, 0) is 20.7 Å². The first-order chi connectivity index (χ1) is 9.06. The van der Waals surface area contributed by atoms with Crippen LogP contribution < -0.4 is 4.74 Å². The lowest BCUT2D eigenvalue weighted by molar-refractivity contribution is -0.139. The lowest BCUT2D eigenvalue weighted by atomic mass is 10.1. The maximum Gasteiger partial charge on any atom is 0.309 e. The van der Waals surface area contributed by atoms with E-state index in [1.54, 1.807) is 30.4 Å². The normalized spacial score (nSPS) is 10.4. The molecule has 102 valence electrons. The van der Waals surface area contributed by atoms with Crippen molar-refractivity contribution in [2.45, 2.75) is 12.8 Å². The highest BCUT2D eigenvalue weighted by molar-refractivity contribution is 5.74. The minimum atomic E-state index is -0.894. The topological polar surface area (TPSA) is 72.8 Å². The van der Waals surface area contributed by atoms with Crippen molar-refractivity contribution in [2.24, 2.45) is 0 Å². The van der Waals surface area contributed by atoms with Crippen LogP contribution in [0.1, 0.15) is 17.5 Å². The summed E-state index contributed by atoms with van der Waals surface area (Å²) in [5, 5.41) is 8.75. The predicted octanol–water partition coefficient (Wildman–Crippen LogP) is 1.90. The van der Waals surface area contributed by atoms with Gasteiger partial charge in [0.05, 0.1) is 27.1 Å². The minimum absolute atomic E-state index is 0.0537. The van der Waals surface area contributed by atoms with Crippen molar-refractivity contribution >= 4 is 18.0 Å². The molecule has 19 heavy (non-hydrogen) atoms. The van der Waals surface area contributed by atoms with Gasteiger partial charge in [0.25, 0.3) is 0 Å². The molecular weight excluding hydrogens is 248 g/mol. The number of aliphatic carboxylic acids is 1. The fourth-order valence-corrected chi connectivity index (χ4v) is 1.56. The first-order valence-corrected chi connectivity index (χ1v) is 5.69. The molecule has 0 aromatic heterocycles. The van der Waals surface area contributed by atoms with E-state index in [1.165, 1.54) is 14.2 Å². The third-order valence-electron chi connectivity index (χ3n) is 2.46. The molecule has 0 aliphatic heterocycles. The van der Waals surface area contributed by atoms with E-state index < -0.39 is 5.97 Å². The Hall–Kier alpha value is -2.30. The molecule has 0 amide bonds. The summed E-state index contributed by atoms with van der Waals surface area (Å²) in [6, 6.07) is 5.13. The van der Waals surface area contributed by atoms with Crippen LogP contribution in [-0.4, -0.2) is 31.3 Å². The quantitative estimate of drug-likeness (QED) is 0.794. The monoisotopic (exact) mass is 264 g/mol. The Labute approximate surface area is 111 Å². The van der Waals surface area contributed by atoms with Gasteiger partial charge in [0.2, 0.25) is 0 Å². The smallest absolute Gasteiger partial charge is 0.309 e. The number of carboxylic acids is 1. The average Bonchev–Trinajstić information content (AvgIpc) is 2.38. The molecule has 0 aliphatic rings. The third kappa shape index (κ3) is 4.83. The lowest BCUT2D eigenvalue weighted by Crippen LogP contribution is -2.00. The maximum absolute atomic E-state index is 11.0. The van der Waals surface area contributed by atoms with E-state index >= 15 is 0 Å².